The number of aromatic nitrogens is 5. The average Bonchev–Trinajstić information content (AvgIpc) is 3.58. The highest BCUT2D eigenvalue weighted by Crippen LogP contribution is 2.34. The molecular formula is C24H18F4N6OS. The topological polar surface area (TPSA) is 77.1 Å². The van der Waals surface area contributed by atoms with Gasteiger partial charge in [-0.2, -0.15) is 23.4 Å². The van der Waals surface area contributed by atoms with Crippen molar-refractivity contribution in [1.82, 2.24) is 24.4 Å². The smallest absolute Gasteiger partial charge is 0.318 e. The molecule has 0 saturated carbocycles. The van der Waals surface area contributed by atoms with Crippen LogP contribution in [0.5, 0.6) is 0 Å². The molecule has 0 unspecified atom stereocenters. The molecule has 0 spiro atoms. The van der Waals surface area contributed by atoms with Crippen molar-refractivity contribution in [2.75, 3.05) is 5.32 Å². The Bertz CT molecular complexity index is 1550. The number of benzene rings is 1. The Morgan fingerprint density at radius 3 is 2.58 bits per heavy atom. The predicted octanol–water partition coefficient (Wildman–Crippen LogP) is 5.68. The molecule has 36 heavy (non-hydrogen) atoms. The summed E-state index contributed by atoms with van der Waals surface area (Å²) < 4.78 is 56.7. The molecule has 1 N–H and O–H groups in total. The highest BCUT2D eigenvalue weighted by atomic mass is 32.1. The number of alkyl halides is 3. The van der Waals surface area contributed by atoms with E-state index in [0.29, 0.717) is 21.6 Å². The van der Waals surface area contributed by atoms with Gasteiger partial charge in [0.25, 0.3) is 5.91 Å². The Morgan fingerprint density at radius 1 is 1.11 bits per heavy atom. The third kappa shape index (κ3) is 4.85. The maximum absolute atomic E-state index is 13.8. The van der Waals surface area contributed by atoms with Gasteiger partial charge in [-0.1, -0.05) is 19.1 Å². The van der Waals surface area contributed by atoms with Gasteiger partial charge in [0.2, 0.25) is 0 Å². The number of rotatable bonds is 6. The van der Waals surface area contributed by atoms with E-state index in [0.717, 1.165) is 22.9 Å². The summed E-state index contributed by atoms with van der Waals surface area (Å²) in [5.41, 5.74) is -0.0560. The number of halogens is 4. The van der Waals surface area contributed by atoms with E-state index in [4.69, 9.17) is 0 Å². The Labute approximate surface area is 206 Å². The lowest BCUT2D eigenvalue weighted by Gasteiger charge is -2.10. The quantitative estimate of drug-likeness (QED) is 0.296. The van der Waals surface area contributed by atoms with Gasteiger partial charge in [0.15, 0.2) is 17.0 Å². The van der Waals surface area contributed by atoms with Crippen LogP contribution in [-0.2, 0) is 19.1 Å². The molecule has 184 valence electrons. The Hall–Kier alpha value is -4.06. The first-order valence-electron chi connectivity index (χ1n) is 10.8. The maximum Gasteiger partial charge on any atom is 0.433 e. The van der Waals surface area contributed by atoms with Gasteiger partial charge in [0, 0.05) is 17.1 Å². The number of carbonyl (C=O) groups excluding carboxylic acids is 1. The molecule has 5 rings (SSSR count). The number of hydrogen-bond donors (Lipinski definition) is 1. The van der Waals surface area contributed by atoms with E-state index in [9.17, 15) is 22.4 Å². The summed E-state index contributed by atoms with van der Waals surface area (Å²) >= 11 is 1.37. The van der Waals surface area contributed by atoms with Crippen LogP contribution in [0, 0.1) is 5.82 Å². The van der Waals surface area contributed by atoms with Crippen LogP contribution >= 0.6 is 11.3 Å². The number of nitrogens with zero attached hydrogens (tertiary/aromatic N) is 5. The van der Waals surface area contributed by atoms with Crippen molar-refractivity contribution in [3.05, 3.63) is 88.6 Å². The highest BCUT2D eigenvalue weighted by Gasteiger charge is 2.36. The molecule has 5 aromatic rings. The number of hydrogen-bond acceptors (Lipinski definition) is 5. The molecule has 7 nitrogen and oxygen atoms in total. The van der Waals surface area contributed by atoms with Crippen molar-refractivity contribution in [3.8, 4) is 10.6 Å². The van der Waals surface area contributed by atoms with Gasteiger partial charge >= 0.3 is 6.18 Å². The molecule has 0 aliphatic carbocycles. The van der Waals surface area contributed by atoms with Crippen molar-refractivity contribution in [3.63, 3.8) is 0 Å². The van der Waals surface area contributed by atoms with Crippen LogP contribution in [0.2, 0.25) is 0 Å². The van der Waals surface area contributed by atoms with E-state index >= 15 is 0 Å². The van der Waals surface area contributed by atoms with Gasteiger partial charge in [-0.05, 0) is 42.3 Å². The standard InChI is InChI=1S/C24H18F4N6OS/c1-2-17-7-8-20(36-17)18-9-21(24(26,27)28)34-22(31-18)10-19(32-34)23(35)30-16-11-29-33(13-16)12-14-3-5-15(25)6-4-14/h3-11,13H,2,12H2,1H3,(H,30,35). The molecule has 12 heteroatoms. The van der Waals surface area contributed by atoms with E-state index in [1.54, 1.807) is 24.4 Å². The summed E-state index contributed by atoms with van der Waals surface area (Å²) in [7, 11) is 0. The molecule has 4 heterocycles. The molecule has 0 bridgehead atoms. The van der Waals surface area contributed by atoms with Gasteiger partial charge < -0.3 is 5.32 Å². The summed E-state index contributed by atoms with van der Waals surface area (Å²) in [6.45, 7) is 2.30. The number of amides is 1. The van der Waals surface area contributed by atoms with Crippen molar-refractivity contribution in [1.29, 1.82) is 0 Å². The zero-order valence-electron chi connectivity index (χ0n) is 18.8. The molecule has 0 saturated heterocycles. The van der Waals surface area contributed by atoms with Crippen LogP contribution < -0.4 is 5.32 Å². The van der Waals surface area contributed by atoms with Gasteiger partial charge in [-0.15, -0.1) is 11.3 Å². The first kappa shape index (κ1) is 23.7. The Morgan fingerprint density at radius 2 is 1.89 bits per heavy atom. The van der Waals surface area contributed by atoms with Crippen LogP contribution in [0.4, 0.5) is 23.2 Å². The van der Waals surface area contributed by atoms with Crippen LogP contribution in [0.1, 0.15) is 33.5 Å². The zero-order valence-corrected chi connectivity index (χ0v) is 19.6. The normalized spacial score (nSPS) is 11.8. The summed E-state index contributed by atoms with van der Waals surface area (Å²) in [4.78, 5) is 18.7. The highest BCUT2D eigenvalue weighted by molar-refractivity contribution is 7.15. The van der Waals surface area contributed by atoms with Crippen molar-refractivity contribution in [2.24, 2.45) is 0 Å². The van der Waals surface area contributed by atoms with Gasteiger partial charge in [0.1, 0.15) is 5.82 Å². The van der Waals surface area contributed by atoms with Crippen LogP contribution in [0.3, 0.4) is 0 Å². The van der Waals surface area contributed by atoms with E-state index in [2.05, 4.69) is 20.5 Å². The van der Waals surface area contributed by atoms with Gasteiger partial charge in [-0.25, -0.2) is 13.9 Å². The van der Waals surface area contributed by atoms with Gasteiger partial charge in [-0.3, -0.25) is 9.48 Å². The van der Waals surface area contributed by atoms with E-state index in [-0.39, 0.29) is 22.9 Å². The SMILES string of the molecule is CCc1ccc(-c2cc(C(F)(F)F)n3nc(C(=O)Nc4cnn(Cc5ccc(F)cc5)c4)cc3n2)s1. The largest absolute Gasteiger partial charge is 0.433 e. The molecule has 4 aromatic heterocycles. The average molecular weight is 515 g/mol. The number of anilines is 1. The number of aryl methyl sites for hydroxylation is 1. The Balaban J connectivity index is 1.41. The minimum Gasteiger partial charge on any atom is -0.318 e. The van der Waals surface area contributed by atoms with E-state index < -0.39 is 17.8 Å². The lowest BCUT2D eigenvalue weighted by atomic mass is 10.2. The first-order valence-corrected chi connectivity index (χ1v) is 11.7. The zero-order chi connectivity index (χ0) is 25.4. The fourth-order valence-corrected chi connectivity index (χ4v) is 4.51. The second-order valence-electron chi connectivity index (χ2n) is 7.95. The molecule has 0 aliphatic heterocycles. The number of thiophene rings is 1. The third-order valence-corrected chi connectivity index (χ3v) is 6.61. The molecular weight excluding hydrogens is 496 g/mol. The molecule has 0 aliphatic rings. The maximum atomic E-state index is 13.8. The van der Waals surface area contributed by atoms with Crippen LogP contribution in [-0.4, -0.2) is 30.3 Å². The van der Waals surface area contributed by atoms with Crippen molar-refractivity contribution >= 4 is 28.6 Å². The fraction of sp³-hybridized carbons (Fsp3) is 0.167. The molecule has 1 aromatic carbocycles. The number of nitrogens with one attached hydrogen (secondary N) is 1. The summed E-state index contributed by atoms with van der Waals surface area (Å²) in [6, 6.07) is 11.6. The fourth-order valence-electron chi connectivity index (χ4n) is 3.61. The summed E-state index contributed by atoms with van der Waals surface area (Å²) in [5, 5.41) is 10.6. The van der Waals surface area contributed by atoms with E-state index in [1.807, 2.05) is 13.0 Å². The van der Waals surface area contributed by atoms with Crippen molar-refractivity contribution < 1.29 is 22.4 Å². The second-order valence-corrected chi connectivity index (χ2v) is 9.12. The molecule has 1 amide bonds. The number of carbonyl (C=O) groups is 1. The molecule has 0 radical (unpaired) electrons. The predicted molar refractivity (Wildman–Crippen MR) is 126 cm³/mol. The van der Waals surface area contributed by atoms with Crippen LogP contribution in [0.15, 0.2) is 60.9 Å². The van der Waals surface area contributed by atoms with E-state index in [1.165, 1.54) is 40.4 Å². The first-order chi connectivity index (χ1) is 17.2. The van der Waals surface area contributed by atoms with Crippen LogP contribution in [0.25, 0.3) is 16.2 Å². The molecule has 0 atom stereocenters. The van der Waals surface area contributed by atoms with Gasteiger partial charge in [0.05, 0.1) is 29.0 Å². The Kier molecular flexibility index (Phi) is 6.04. The second kappa shape index (κ2) is 9.19. The number of fused-ring (bicyclic) bond motifs is 1. The minimum absolute atomic E-state index is 0.0940. The summed E-state index contributed by atoms with van der Waals surface area (Å²) in [5.74, 6) is -1.06. The van der Waals surface area contributed by atoms with Crippen molar-refractivity contribution in [2.45, 2.75) is 26.1 Å². The minimum atomic E-state index is -4.71. The lowest BCUT2D eigenvalue weighted by Crippen LogP contribution is -2.15. The molecule has 0 fully saturated rings. The summed E-state index contributed by atoms with van der Waals surface area (Å²) in [6.07, 6.45) is -0.994. The monoisotopic (exact) mass is 514 g/mol. The lowest BCUT2D eigenvalue weighted by molar-refractivity contribution is -0.142. The third-order valence-electron chi connectivity index (χ3n) is 5.36.